The summed E-state index contributed by atoms with van der Waals surface area (Å²) in [4.78, 5) is 1.47. The van der Waals surface area contributed by atoms with E-state index in [9.17, 15) is 0 Å². The van der Waals surface area contributed by atoms with Crippen molar-refractivity contribution < 1.29 is 0 Å². The molecule has 2 atom stereocenters. The van der Waals surface area contributed by atoms with Crippen molar-refractivity contribution in [2.75, 3.05) is 12.3 Å². The van der Waals surface area contributed by atoms with Gasteiger partial charge in [-0.05, 0) is 54.8 Å². The Labute approximate surface area is 103 Å². The van der Waals surface area contributed by atoms with Gasteiger partial charge in [0.25, 0.3) is 0 Å². The first-order chi connectivity index (χ1) is 7.26. The molecule has 2 aliphatic rings. The van der Waals surface area contributed by atoms with Gasteiger partial charge in [-0.3, -0.25) is 0 Å². The summed E-state index contributed by atoms with van der Waals surface area (Å²) >= 11 is 5.56. The summed E-state index contributed by atoms with van der Waals surface area (Å²) in [7, 11) is 0. The van der Waals surface area contributed by atoms with Crippen LogP contribution in [-0.2, 0) is 5.41 Å². The van der Waals surface area contributed by atoms with Crippen molar-refractivity contribution in [3.05, 3.63) is 28.2 Å². The van der Waals surface area contributed by atoms with Crippen LogP contribution in [-0.4, -0.2) is 12.3 Å². The average Bonchev–Trinajstić information content (AvgIpc) is 2.94. The van der Waals surface area contributed by atoms with E-state index in [1.807, 2.05) is 11.8 Å². The monoisotopic (exact) mass is 283 g/mol. The second kappa shape index (κ2) is 3.51. The van der Waals surface area contributed by atoms with Gasteiger partial charge >= 0.3 is 0 Å². The summed E-state index contributed by atoms with van der Waals surface area (Å²) < 4.78 is 1.20. The Bertz CT molecular complexity index is 407. The van der Waals surface area contributed by atoms with E-state index in [4.69, 9.17) is 5.73 Å². The van der Waals surface area contributed by atoms with Crippen LogP contribution in [0.1, 0.15) is 18.4 Å². The molecule has 1 aromatic rings. The molecule has 0 saturated heterocycles. The van der Waals surface area contributed by atoms with Gasteiger partial charge in [0.2, 0.25) is 0 Å². The van der Waals surface area contributed by atoms with Crippen LogP contribution in [0, 0.1) is 5.92 Å². The lowest BCUT2D eigenvalue weighted by Gasteiger charge is -2.26. The van der Waals surface area contributed by atoms with E-state index in [1.54, 1.807) is 5.56 Å². The van der Waals surface area contributed by atoms with Crippen LogP contribution in [0.15, 0.2) is 27.6 Å². The van der Waals surface area contributed by atoms with Gasteiger partial charge in [-0.15, -0.1) is 11.8 Å². The van der Waals surface area contributed by atoms with Crippen molar-refractivity contribution in [1.29, 1.82) is 0 Å². The zero-order valence-corrected chi connectivity index (χ0v) is 10.9. The first-order valence-electron chi connectivity index (χ1n) is 5.39. The first kappa shape index (κ1) is 10.2. The predicted molar refractivity (Wildman–Crippen MR) is 68.3 cm³/mol. The molecule has 0 aromatic heterocycles. The molecule has 2 N–H and O–H groups in total. The lowest BCUT2D eigenvalue weighted by Crippen LogP contribution is -2.20. The number of rotatable bonds is 1. The lowest BCUT2D eigenvalue weighted by atomic mass is 9.90. The molecular formula is C12H14BrNS. The molecule has 1 spiro atoms. The van der Waals surface area contributed by atoms with Crippen LogP contribution in [0.4, 0.5) is 0 Å². The van der Waals surface area contributed by atoms with Gasteiger partial charge in [0.1, 0.15) is 0 Å². The topological polar surface area (TPSA) is 26.0 Å². The van der Waals surface area contributed by atoms with Crippen LogP contribution in [0.25, 0.3) is 0 Å². The van der Waals surface area contributed by atoms with Crippen molar-refractivity contribution in [3.8, 4) is 0 Å². The van der Waals surface area contributed by atoms with Gasteiger partial charge in [-0.2, -0.15) is 0 Å². The molecular weight excluding hydrogens is 270 g/mol. The smallest absolute Gasteiger partial charge is 0.0179 e. The fourth-order valence-electron chi connectivity index (χ4n) is 2.82. The highest BCUT2D eigenvalue weighted by atomic mass is 79.9. The Morgan fingerprint density at radius 1 is 1.53 bits per heavy atom. The number of benzene rings is 1. The van der Waals surface area contributed by atoms with Gasteiger partial charge in [0.05, 0.1) is 0 Å². The summed E-state index contributed by atoms with van der Waals surface area (Å²) in [6.45, 7) is 0.844. The Hall–Kier alpha value is 0.01000. The number of fused-ring (bicyclic) bond motifs is 2. The summed E-state index contributed by atoms with van der Waals surface area (Å²) in [5.41, 5.74) is 7.80. The minimum atomic E-state index is 0.444. The Kier molecular flexibility index (Phi) is 2.38. The van der Waals surface area contributed by atoms with E-state index >= 15 is 0 Å². The molecule has 1 aliphatic heterocycles. The molecule has 1 saturated carbocycles. The molecule has 1 aliphatic carbocycles. The molecule has 0 bridgehead atoms. The molecule has 3 heteroatoms. The summed E-state index contributed by atoms with van der Waals surface area (Å²) in [6.07, 6.45) is 2.61. The quantitative estimate of drug-likeness (QED) is 0.857. The fraction of sp³-hybridized carbons (Fsp3) is 0.500. The third-order valence-electron chi connectivity index (χ3n) is 3.80. The Morgan fingerprint density at radius 3 is 3.13 bits per heavy atom. The number of nitrogens with two attached hydrogens (primary N) is 1. The number of halogens is 1. The predicted octanol–water partition coefficient (Wildman–Crippen LogP) is 3.16. The van der Waals surface area contributed by atoms with Crippen LogP contribution >= 0.6 is 27.7 Å². The van der Waals surface area contributed by atoms with E-state index in [-0.39, 0.29) is 0 Å². The van der Waals surface area contributed by atoms with Crippen LogP contribution < -0.4 is 5.73 Å². The standard InChI is InChI=1S/C12H14BrNS/c13-9-1-2-11-10(5-9)12(3-4-15-11)6-8(12)7-14/h1-2,5,8H,3-4,6-7,14H2. The van der Waals surface area contributed by atoms with E-state index in [0.717, 1.165) is 12.5 Å². The maximum absolute atomic E-state index is 5.82. The highest BCUT2D eigenvalue weighted by molar-refractivity contribution is 9.10. The molecule has 3 rings (SSSR count). The SMILES string of the molecule is NCC1CC12CCSc1ccc(Br)cc12. The second-order valence-electron chi connectivity index (χ2n) is 4.53. The number of thioether (sulfide) groups is 1. The van der Waals surface area contributed by atoms with E-state index in [1.165, 1.54) is 28.0 Å². The van der Waals surface area contributed by atoms with E-state index in [0.29, 0.717) is 5.41 Å². The third kappa shape index (κ3) is 1.48. The van der Waals surface area contributed by atoms with Crippen molar-refractivity contribution >= 4 is 27.7 Å². The van der Waals surface area contributed by atoms with Gasteiger partial charge in [-0.25, -0.2) is 0 Å². The maximum atomic E-state index is 5.82. The zero-order valence-electron chi connectivity index (χ0n) is 8.50. The van der Waals surface area contributed by atoms with Crippen molar-refractivity contribution in [1.82, 2.24) is 0 Å². The summed E-state index contributed by atoms with van der Waals surface area (Å²) in [5, 5.41) is 0. The molecule has 1 nitrogen and oxygen atoms in total. The first-order valence-corrected chi connectivity index (χ1v) is 7.17. The second-order valence-corrected chi connectivity index (χ2v) is 6.58. The van der Waals surface area contributed by atoms with E-state index in [2.05, 4.69) is 34.1 Å². The van der Waals surface area contributed by atoms with Crippen LogP contribution in [0.3, 0.4) is 0 Å². The van der Waals surface area contributed by atoms with E-state index < -0.39 is 0 Å². The fourth-order valence-corrected chi connectivity index (χ4v) is 4.45. The molecule has 80 valence electrons. The van der Waals surface area contributed by atoms with Crippen molar-refractivity contribution in [2.24, 2.45) is 11.7 Å². The Morgan fingerprint density at radius 2 is 2.40 bits per heavy atom. The minimum Gasteiger partial charge on any atom is -0.330 e. The van der Waals surface area contributed by atoms with Gasteiger partial charge in [-0.1, -0.05) is 15.9 Å². The van der Waals surface area contributed by atoms with Crippen molar-refractivity contribution in [2.45, 2.75) is 23.2 Å². The molecule has 0 radical (unpaired) electrons. The van der Waals surface area contributed by atoms with Gasteiger partial charge in [0.15, 0.2) is 0 Å². The number of hydrogen-bond acceptors (Lipinski definition) is 2. The summed E-state index contributed by atoms with van der Waals surface area (Å²) in [6, 6.07) is 6.69. The van der Waals surface area contributed by atoms with Crippen LogP contribution in [0.5, 0.6) is 0 Å². The molecule has 1 fully saturated rings. The highest BCUT2D eigenvalue weighted by Crippen LogP contribution is 2.61. The minimum absolute atomic E-state index is 0.444. The van der Waals surface area contributed by atoms with Gasteiger partial charge < -0.3 is 5.73 Å². The molecule has 0 amide bonds. The largest absolute Gasteiger partial charge is 0.330 e. The number of hydrogen-bond donors (Lipinski definition) is 1. The van der Waals surface area contributed by atoms with Gasteiger partial charge in [0, 0.05) is 14.8 Å². The summed E-state index contributed by atoms with van der Waals surface area (Å²) in [5.74, 6) is 1.98. The molecule has 1 heterocycles. The Balaban J connectivity index is 2.07. The molecule has 1 aromatic carbocycles. The van der Waals surface area contributed by atoms with Crippen molar-refractivity contribution in [3.63, 3.8) is 0 Å². The zero-order chi connectivity index (χ0) is 10.5. The molecule has 15 heavy (non-hydrogen) atoms. The third-order valence-corrected chi connectivity index (χ3v) is 5.37. The van der Waals surface area contributed by atoms with Crippen LogP contribution in [0.2, 0.25) is 0 Å². The average molecular weight is 284 g/mol. The lowest BCUT2D eigenvalue weighted by molar-refractivity contribution is 0.574. The normalized spacial score (nSPS) is 32.8. The molecule has 2 unspecified atom stereocenters. The maximum Gasteiger partial charge on any atom is 0.0179 e. The highest BCUT2D eigenvalue weighted by Gasteiger charge is 2.55.